The van der Waals surface area contributed by atoms with Gasteiger partial charge in [0.05, 0.1) is 12.0 Å². The Labute approximate surface area is 176 Å². The molecule has 1 unspecified atom stereocenters. The van der Waals surface area contributed by atoms with Crippen LogP contribution in [0, 0.1) is 0 Å². The van der Waals surface area contributed by atoms with Crippen molar-refractivity contribution in [2.75, 3.05) is 6.61 Å². The number of benzene rings is 2. The number of nitrogens with zero attached hydrogens (tertiary/aromatic N) is 2. The maximum atomic E-state index is 11.9. The smallest absolute Gasteiger partial charge is 0.267 e. The molecule has 2 aromatic carbocycles. The lowest BCUT2D eigenvalue weighted by Gasteiger charge is -2.21. The van der Waals surface area contributed by atoms with Crippen molar-refractivity contribution in [3.8, 4) is 11.3 Å². The SMILES string of the molecule is O=C(C=Cc1ccc(Cn2cnc(-c3ccccc3)c2)cc1)NOC1CCCCO1. The third-order valence-electron chi connectivity index (χ3n) is 4.90. The first-order valence-corrected chi connectivity index (χ1v) is 10.2. The fourth-order valence-electron chi connectivity index (χ4n) is 3.28. The Bertz CT molecular complexity index is 974. The summed E-state index contributed by atoms with van der Waals surface area (Å²) in [6, 6.07) is 18.2. The normalized spacial score (nSPS) is 16.6. The van der Waals surface area contributed by atoms with Crippen LogP contribution in [0.1, 0.15) is 30.4 Å². The van der Waals surface area contributed by atoms with Crippen LogP contribution in [0.2, 0.25) is 0 Å². The van der Waals surface area contributed by atoms with E-state index < -0.39 is 0 Å². The van der Waals surface area contributed by atoms with E-state index in [1.165, 1.54) is 6.08 Å². The number of aromatic nitrogens is 2. The second-order valence-corrected chi connectivity index (χ2v) is 7.25. The van der Waals surface area contributed by atoms with E-state index >= 15 is 0 Å². The predicted octanol–water partition coefficient (Wildman–Crippen LogP) is 4.19. The summed E-state index contributed by atoms with van der Waals surface area (Å²) in [7, 11) is 0. The van der Waals surface area contributed by atoms with E-state index in [2.05, 4.69) is 27.2 Å². The van der Waals surface area contributed by atoms with Crippen LogP contribution in [0.25, 0.3) is 17.3 Å². The molecule has 1 fully saturated rings. The second-order valence-electron chi connectivity index (χ2n) is 7.25. The number of ether oxygens (including phenoxy) is 1. The minimum atomic E-state index is -0.346. The molecule has 0 aliphatic carbocycles. The number of amides is 1. The number of hydrogen-bond acceptors (Lipinski definition) is 4. The average Bonchev–Trinajstić information content (AvgIpc) is 3.27. The van der Waals surface area contributed by atoms with Gasteiger partial charge in [-0.1, -0.05) is 54.6 Å². The van der Waals surface area contributed by atoms with E-state index in [0.29, 0.717) is 6.61 Å². The highest BCUT2D eigenvalue weighted by Gasteiger charge is 2.14. The molecule has 0 radical (unpaired) electrons. The average molecular weight is 403 g/mol. The molecule has 1 aliphatic heterocycles. The van der Waals surface area contributed by atoms with Crippen molar-refractivity contribution in [2.24, 2.45) is 0 Å². The van der Waals surface area contributed by atoms with Crippen molar-refractivity contribution in [1.29, 1.82) is 0 Å². The molecule has 6 heteroatoms. The molecule has 1 aliphatic rings. The van der Waals surface area contributed by atoms with Crippen LogP contribution in [0.5, 0.6) is 0 Å². The number of carbonyl (C=O) groups excluding carboxylic acids is 1. The summed E-state index contributed by atoms with van der Waals surface area (Å²) in [5.41, 5.74) is 6.59. The van der Waals surface area contributed by atoms with Crippen molar-refractivity contribution in [3.63, 3.8) is 0 Å². The summed E-state index contributed by atoms with van der Waals surface area (Å²) < 4.78 is 7.47. The summed E-state index contributed by atoms with van der Waals surface area (Å²) >= 11 is 0. The first-order chi connectivity index (χ1) is 14.8. The Hall–Kier alpha value is -3.22. The lowest BCUT2D eigenvalue weighted by atomic mass is 10.1. The Morgan fingerprint density at radius 1 is 1.17 bits per heavy atom. The molecule has 1 N–H and O–H groups in total. The number of hydrogen-bond donors (Lipinski definition) is 1. The van der Waals surface area contributed by atoms with Crippen LogP contribution in [-0.4, -0.2) is 28.4 Å². The van der Waals surface area contributed by atoms with E-state index in [4.69, 9.17) is 9.57 Å². The van der Waals surface area contributed by atoms with Gasteiger partial charge in [-0.25, -0.2) is 15.3 Å². The Kier molecular flexibility index (Phi) is 6.69. The zero-order chi connectivity index (χ0) is 20.6. The van der Waals surface area contributed by atoms with Gasteiger partial charge in [0.25, 0.3) is 5.91 Å². The van der Waals surface area contributed by atoms with Gasteiger partial charge in [-0.3, -0.25) is 4.79 Å². The zero-order valence-electron chi connectivity index (χ0n) is 16.7. The molecular weight excluding hydrogens is 378 g/mol. The number of nitrogens with one attached hydrogen (secondary N) is 1. The van der Waals surface area contributed by atoms with Crippen molar-refractivity contribution in [3.05, 3.63) is 84.3 Å². The molecule has 30 heavy (non-hydrogen) atoms. The van der Waals surface area contributed by atoms with E-state index in [1.54, 1.807) is 6.08 Å². The molecule has 4 rings (SSSR count). The van der Waals surface area contributed by atoms with Crippen LogP contribution in [0.4, 0.5) is 0 Å². The number of rotatable bonds is 7. The molecule has 0 saturated carbocycles. The molecule has 1 saturated heterocycles. The maximum absolute atomic E-state index is 11.9. The van der Waals surface area contributed by atoms with Crippen molar-refractivity contribution >= 4 is 12.0 Å². The van der Waals surface area contributed by atoms with Gasteiger partial charge >= 0.3 is 0 Å². The predicted molar refractivity (Wildman–Crippen MR) is 115 cm³/mol. The third kappa shape index (κ3) is 5.65. The minimum Gasteiger partial charge on any atom is -0.350 e. The number of hydroxylamine groups is 1. The van der Waals surface area contributed by atoms with E-state index in [1.807, 2.05) is 55.0 Å². The van der Waals surface area contributed by atoms with Crippen molar-refractivity contribution < 1.29 is 14.4 Å². The molecule has 1 atom stereocenters. The van der Waals surface area contributed by atoms with E-state index in [0.717, 1.165) is 48.2 Å². The molecular formula is C24H25N3O3. The lowest BCUT2D eigenvalue weighted by Crippen LogP contribution is -2.32. The van der Waals surface area contributed by atoms with E-state index in [-0.39, 0.29) is 12.2 Å². The summed E-state index contributed by atoms with van der Waals surface area (Å²) in [5.74, 6) is -0.305. The first kappa shape index (κ1) is 20.1. The summed E-state index contributed by atoms with van der Waals surface area (Å²) in [5, 5.41) is 0. The maximum Gasteiger partial charge on any atom is 0.267 e. The molecule has 154 valence electrons. The third-order valence-corrected chi connectivity index (χ3v) is 4.90. The Morgan fingerprint density at radius 3 is 2.77 bits per heavy atom. The summed E-state index contributed by atoms with van der Waals surface area (Å²) in [4.78, 5) is 21.7. The summed E-state index contributed by atoms with van der Waals surface area (Å²) in [6.45, 7) is 1.41. The minimum absolute atomic E-state index is 0.305. The fourth-order valence-corrected chi connectivity index (χ4v) is 3.28. The Balaban J connectivity index is 1.28. The standard InChI is InChI=1S/C24H25N3O3/c28-23(26-30-24-8-4-5-15-29-24)14-13-19-9-11-20(12-10-19)16-27-17-22(25-18-27)21-6-2-1-3-7-21/h1-3,6-7,9-14,17-18,24H,4-5,8,15-16H2,(H,26,28). The van der Waals surface area contributed by atoms with Crippen LogP contribution >= 0.6 is 0 Å². The zero-order valence-corrected chi connectivity index (χ0v) is 16.7. The molecule has 1 amide bonds. The first-order valence-electron chi connectivity index (χ1n) is 10.2. The lowest BCUT2D eigenvalue weighted by molar-refractivity contribution is -0.198. The monoisotopic (exact) mass is 403 g/mol. The van der Waals surface area contributed by atoms with Gasteiger partial charge in [0.15, 0.2) is 6.29 Å². The molecule has 6 nitrogen and oxygen atoms in total. The van der Waals surface area contributed by atoms with Gasteiger partial charge in [-0.05, 0) is 30.0 Å². The highest BCUT2D eigenvalue weighted by molar-refractivity contribution is 5.90. The number of carbonyl (C=O) groups is 1. The van der Waals surface area contributed by atoms with Gasteiger partial charge in [0, 0.05) is 37.4 Å². The van der Waals surface area contributed by atoms with Gasteiger partial charge in [-0.2, -0.15) is 0 Å². The van der Waals surface area contributed by atoms with Crippen molar-refractivity contribution in [1.82, 2.24) is 15.0 Å². The van der Waals surface area contributed by atoms with Gasteiger partial charge in [0.1, 0.15) is 0 Å². The fraction of sp³-hybridized carbons (Fsp3) is 0.250. The van der Waals surface area contributed by atoms with E-state index in [9.17, 15) is 4.79 Å². The topological polar surface area (TPSA) is 65.4 Å². The highest BCUT2D eigenvalue weighted by atomic mass is 16.8. The van der Waals surface area contributed by atoms with Crippen LogP contribution in [0.15, 0.2) is 73.2 Å². The van der Waals surface area contributed by atoms with Crippen LogP contribution in [-0.2, 0) is 20.9 Å². The summed E-state index contributed by atoms with van der Waals surface area (Å²) in [6.07, 6.45) is 9.65. The molecule has 1 aromatic heterocycles. The molecule has 2 heterocycles. The molecule has 0 spiro atoms. The second kappa shape index (κ2) is 10.0. The van der Waals surface area contributed by atoms with Crippen LogP contribution in [0.3, 0.4) is 0 Å². The van der Waals surface area contributed by atoms with Gasteiger partial charge < -0.3 is 9.30 Å². The van der Waals surface area contributed by atoms with Crippen LogP contribution < -0.4 is 5.48 Å². The molecule has 0 bridgehead atoms. The van der Waals surface area contributed by atoms with Gasteiger partial charge in [0.2, 0.25) is 0 Å². The number of imidazole rings is 1. The Morgan fingerprint density at radius 2 is 2.00 bits per heavy atom. The van der Waals surface area contributed by atoms with Crippen molar-refractivity contribution in [2.45, 2.75) is 32.1 Å². The quantitative estimate of drug-likeness (QED) is 0.475. The largest absolute Gasteiger partial charge is 0.350 e. The highest BCUT2D eigenvalue weighted by Crippen LogP contribution is 2.17. The molecule has 3 aromatic rings. The van der Waals surface area contributed by atoms with Gasteiger partial charge in [-0.15, -0.1) is 0 Å².